The van der Waals surface area contributed by atoms with Gasteiger partial charge in [-0.25, -0.2) is 0 Å². The van der Waals surface area contributed by atoms with Crippen LogP contribution in [0.15, 0.2) is 57.4 Å². The minimum Gasteiger partial charge on any atom is -0.493 e. The lowest BCUT2D eigenvalue weighted by molar-refractivity contribution is 0.102. The Morgan fingerprint density at radius 2 is 2.00 bits per heavy atom. The monoisotopic (exact) mass is 372 g/mol. The van der Waals surface area contributed by atoms with Gasteiger partial charge in [-0.3, -0.25) is 10.2 Å². The van der Waals surface area contributed by atoms with Gasteiger partial charge in [0.05, 0.1) is 7.11 Å². The molecule has 0 bridgehead atoms. The Hall–Kier alpha value is -2.60. The summed E-state index contributed by atoms with van der Waals surface area (Å²) in [5.41, 5.74) is 1.02. The first kappa shape index (κ1) is 15.3. The summed E-state index contributed by atoms with van der Waals surface area (Å²) < 4.78 is 11.5. The molecule has 6 heteroatoms. The second-order valence-corrected chi connectivity index (χ2v) is 5.75. The van der Waals surface area contributed by atoms with Crippen LogP contribution in [0.4, 0.5) is 5.69 Å². The van der Waals surface area contributed by atoms with Gasteiger partial charge in [-0.2, -0.15) is 0 Å². The quantitative estimate of drug-likeness (QED) is 0.730. The molecule has 0 atom stereocenters. The molecule has 0 saturated heterocycles. The standard InChI is InChI=1S/C17H13BrN2O3/c1-22-14-7-2-4-10-8-13(16(19)23-15(10)14)17(21)20-12-6-3-5-11(18)9-12/h2-9,19H,1H3,(H,20,21). The Morgan fingerprint density at radius 1 is 1.22 bits per heavy atom. The van der Waals surface area contributed by atoms with E-state index in [2.05, 4.69) is 21.2 Å². The zero-order valence-electron chi connectivity index (χ0n) is 12.2. The third kappa shape index (κ3) is 3.12. The summed E-state index contributed by atoms with van der Waals surface area (Å²) in [7, 11) is 1.53. The number of benzene rings is 2. The number of anilines is 1. The minimum atomic E-state index is -0.401. The molecule has 0 fully saturated rings. The van der Waals surface area contributed by atoms with E-state index in [1.807, 2.05) is 12.1 Å². The summed E-state index contributed by atoms with van der Waals surface area (Å²) >= 11 is 3.35. The zero-order valence-corrected chi connectivity index (χ0v) is 13.8. The Balaban J connectivity index is 2.01. The average Bonchev–Trinajstić information content (AvgIpc) is 2.53. The van der Waals surface area contributed by atoms with Crippen molar-refractivity contribution in [3.05, 3.63) is 64.1 Å². The molecule has 0 aliphatic carbocycles. The lowest BCUT2D eigenvalue weighted by Crippen LogP contribution is -2.20. The van der Waals surface area contributed by atoms with Crippen LogP contribution in [-0.4, -0.2) is 13.0 Å². The van der Waals surface area contributed by atoms with Gasteiger partial charge >= 0.3 is 0 Å². The molecule has 5 nitrogen and oxygen atoms in total. The van der Waals surface area contributed by atoms with Gasteiger partial charge in [0.25, 0.3) is 5.91 Å². The molecular weight excluding hydrogens is 360 g/mol. The first-order chi connectivity index (χ1) is 11.1. The maximum Gasteiger partial charge on any atom is 0.261 e. The van der Waals surface area contributed by atoms with Gasteiger partial charge in [-0.15, -0.1) is 0 Å². The van der Waals surface area contributed by atoms with Crippen molar-refractivity contribution < 1.29 is 13.9 Å². The van der Waals surface area contributed by atoms with Gasteiger partial charge in [0.2, 0.25) is 5.55 Å². The van der Waals surface area contributed by atoms with E-state index in [1.165, 1.54) is 7.11 Å². The summed E-state index contributed by atoms with van der Waals surface area (Å²) in [6.07, 6.45) is 0. The zero-order chi connectivity index (χ0) is 16.4. The largest absolute Gasteiger partial charge is 0.493 e. The number of fused-ring (bicyclic) bond motifs is 1. The number of nitrogens with one attached hydrogen (secondary N) is 2. The highest BCUT2D eigenvalue weighted by Gasteiger charge is 2.14. The number of amides is 1. The van der Waals surface area contributed by atoms with E-state index < -0.39 is 5.91 Å². The SMILES string of the molecule is COc1cccc2cc(C(=O)Nc3cccc(Br)c3)c(=N)oc12. The molecule has 3 aromatic rings. The Kier molecular flexibility index (Phi) is 4.16. The van der Waals surface area contributed by atoms with Crippen LogP contribution in [0.3, 0.4) is 0 Å². The number of hydrogen-bond acceptors (Lipinski definition) is 4. The fourth-order valence-electron chi connectivity index (χ4n) is 2.23. The molecule has 116 valence electrons. The van der Waals surface area contributed by atoms with E-state index in [1.54, 1.807) is 36.4 Å². The highest BCUT2D eigenvalue weighted by atomic mass is 79.9. The lowest BCUT2D eigenvalue weighted by Gasteiger charge is -2.08. The van der Waals surface area contributed by atoms with Crippen molar-refractivity contribution in [3.8, 4) is 5.75 Å². The van der Waals surface area contributed by atoms with E-state index in [-0.39, 0.29) is 11.1 Å². The number of hydrogen-bond donors (Lipinski definition) is 2. The van der Waals surface area contributed by atoms with Crippen LogP contribution in [0, 0.1) is 5.41 Å². The van der Waals surface area contributed by atoms with E-state index in [0.717, 1.165) is 4.47 Å². The van der Waals surface area contributed by atoms with Crippen LogP contribution >= 0.6 is 15.9 Å². The predicted octanol–water partition coefficient (Wildman–Crippen LogP) is 3.94. The molecule has 0 radical (unpaired) electrons. The number of para-hydroxylation sites is 1. The molecule has 0 unspecified atom stereocenters. The van der Waals surface area contributed by atoms with Crippen molar-refractivity contribution >= 4 is 38.5 Å². The number of carbonyl (C=O) groups is 1. The second kappa shape index (κ2) is 6.26. The fourth-order valence-corrected chi connectivity index (χ4v) is 2.63. The first-order valence-electron chi connectivity index (χ1n) is 6.81. The van der Waals surface area contributed by atoms with Crippen molar-refractivity contribution in [3.63, 3.8) is 0 Å². The van der Waals surface area contributed by atoms with E-state index >= 15 is 0 Å². The smallest absolute Gasteiger partial charge is 0.261 e. The number of ether oxygens (including phenoxy) is 1. The Labute approximate surface area is 140 Å². The molecule has 3 rings (SSSR count). The molecule has 0 aliphatic rings. The van der Waals surface area contributed by atoms with E-state index in [9.17, 15) is 4.79 Å². The van der Waals surface area contributed by atoms with E-state index in [0.29, 0.717) is 22.4 Å². The maximum atomic E-state index is 12.4. The van der Waals surface area contributed by atoms with E-state index in [4.69, 9.17) is 14.6 Å². The van der Waals surface area contributed by atoms with Gasteiger partial charge in [0.1, 0.15) is 5.56 Å². The third-order valence-electron chi connectivity index (χ3n) is 3.30. The predicted molar refractivity (Wildman–Crippen MR) is 90.7 cm³/mol. The highest BCUT2D eigenvalue weighted by molar-refractivity contribution is 9.10. The number of carbonyl (C=O) groups excluding carboxylic acids is 1. The van der Waals surface area contributed by atoms with Crippen LogP contribution < -0.4 is 15.6 Å². The number of rotatable bonds is 3. The molecular formula is C17H13BrN2O3. The second-order valence-electron chi connectivity index (χ2n) is 4.83. The lowest BCUT2D eigenvalue weighted by atomic mass is 10.1. The van der Waals surface area contributed by atoms with Gasteiger partial charge < -0.3 is 14.5 Å². The van der Waals surface area contributed by atoms with Crippen molar-refractivity contribution in [1.29, 1.82) is 5.41 Å². The van der Waals surface area contributed by atoms with Crippen molar-refractivity contribution in [2.75, 3.05) is 12.4 Å². The van der Waals surface area contributed by atoms with Crippen LogP contribution in [-0.2, 0) is 0 Å². The third-order valence-corrected chi connectivity index (χ3v) is 3.80. The van der Waals surface area contributed by atoms with Crippen LogP contribution in [0.2, 0.25) is 0 Å². The summed E-state index contributed by atoms with van der Waals surface area (Å²) in [5.74, 6) is 0.122. The minimum absolute atomic E-state index is 0.158. The normalized spacial score (nSPS) is 10.5. The molecule has 0 aliphatic heterocycles. The molecule has 23 heavy (non-hydrogen) atoms. The highest BCUT2D eigenvalue weighted by Crippen LogP contribution is 2.24. The Morgan fingerprint density at radius 3 is 2.74 bits per heavy atom. The van der Waals surface area contributed by atoms with Crippen LogP contribution in [0.1, 0.15) is 10.4 Å². The molecule has 0 saturated carbocycles. The van der Waals surface area contributed by atoms with Gasteiger partial charge in [0, 0.05) is 15.5 Å². The van der Waals surface area contributed by atoms with Crippen LogP contribution in [0.5, 0.6) is 5.75 Å². The average molecular weight is 373 g/mol. The maximum absolute atomic E-state index is 12.4. The molecule has 1 amide bonds. The molecule has 1 aromatic heterocycles. The molecule has 2 aromatic carbocycles. The molecule has 1 heterocycles. The van der Waals surface area contributed by atoms with Crippen molar-refractivity contribution in [2.45, 2.75) is 0 Å². The summed E-state index contributed by atoms with van der Waals surface area (Å²) in [6.45, 7) is 0. The van der Waals surface area contributed by atoms with Crippen molar-refractivity contribution in [2.24, 2.45) is 0 Å². The molecule has 0 spiro atoms. The molecule has 2 N–H and O–H groups in total. The summed E-state index contributed by atoms with van der Waals surface area (Å²) in [5, 5.41) is 11.4. The van der Waals surface area contributed by atoms with Crippen molar-refractivity contribution in [1.82, 2.24) is 0 Å². The van der Waals surface area contributed by atoms with Crippen LogP contribution in [0.25, 0.3) is 11.0 Å². The van der Waals surface area contributed by atoms with Gasteiger partial charge in [-0.1, -0.05) is 34.1 Å². The van der Waals surface area contributed by atoms with Gasteiger partial charge in [0.15, 0.2) is 11.3 Å². The number of methoxy groups -OCH3 is 1. The number of halogens is 1. The summed E-state index contributed by atoms with van der Waals surface area (Å²) in [6, 6.07) is 14.2. The first-order valence-corrected chi connectivity index (χ1v) is 7.60. The van der Waals surface area contributed by atoms with Gasteiger partial charge in [-0.05, 0) is 30.3 Å². The summed E-state index contributed by atoms with van der Waals surface area (Å²) in [4.78, 5) is 12.4. The topological polar surface area (TPSA) is 75.3 Å². The Bertz CT molecular complexity index is 950. The fraction of sp³-hybridized carbons (Fsp3) is 0.0588.